The Hall–Kier alpha value is -1.73. The minimum atomic E-state index is -0.236. The van der Waals surface area contributed by atoms with Crippen molar-refractivity contribution >= 4 is 40.0 Å². The average molecular weight is 309 g/mol. The van der Waals surface area contributed by atoms with Gasteiger partial charge in [0.05, 0.1) is 19.2 Å². The van der Waals surface area contributed by atoms with Crippen LogP contribution in [0.1, 0.15) is 22.2 Å². The highest BCUT2D eigenvalue weighted by Crippen LogP contribution is 2.19. The Balaban J connectivity index is 1.88. The lowest BCUT2D eigenvalue weighted by Crippen LogP contribution is -2.06. The van der Waals surface area contributed by atoms with Crippen molar-refractivity contribution in [3.8, 4) is 0 Å². The molecule has 0 aromatic carbocycles. The fourth-order valence-electron chi connectivity index (χ4n) is 1.46. The van der Waals surface area contributed by atoms with E-state index in [4.69, 9.17) is 4.74 Å². The van der Waals surface area contributed by atoms with Crippen LogP contribution < -0.4 is 5.43 Å². The Morgan fingerprint density at radius 1 is 1.60 bits per heavy atom. The highest BCUT2D eigenvalue weighted by Gasteiger charge is 2.07. The number of hydrogen-bond donors (Lipinski definition) is 1. The second-order valence-corrected chi connectivity index (χ2v) is 6.01. The normalized spacial score (nSPS) is 10.9. The Labute approximate surface area is 125 Å². The SMILES string of the molecule is CCOC(=O)Cc1cnc(N/N=C/c2sccc2C)s1. The molecule has 0 atom stereocenters. The molecule has 5 nitrogen and oxygen atoms in total. The van der Waals surface area contributed by atoms with Crippen LogP contribution in [0.2, 0.25) is 0 Å². The molecular weight excluding hydrogens is 294 g/mol. The van der Waals surface area contributed by atoms with Crippen molar-refractivity contribution < 1.29 is 9.53 Å². The number of aromatic nitrogens is 1. The molecule has 0 saturated carbocycles. The van der Waals surface area contributed by atoms with Crippen LogP contribution in [0.15, 0.2) is 22.7 Å². The summed E-state index contributed by atoms with van der Waals surface area (Å²) in [6.07, 6.45) is 3.68. The summed E-state index contributed by atoms with van der Waals surface area (Å²) in [7, 11) is 0. The van der Waals surface area contributed by atoms with Gasteiger partial charge in [0.2, 0.25) is 5.13 Å². The first-order chi connectivity index (χ1) is 9.69. The molecule has 0 aliphatic carbocycles. The van der Waals surface area contributed by atoms with E-state index in [1.54, 1.807) is 30.7 Å². The predicted molar refractivity (Wildman–Crippen MR) is 82.7 cm³/mol. The van der Waals surface area contributed by atoms with E-state index in [-0.39, 0.29) is 12.4 Å². The van der Waals surface area contributed by atoms with Crippen LogP contribution >= 0.6 is 22.7 Å². The minimum absolute atomic E-state index is 0.236. The third-order valence-electron chi connectivity index (χ3n) is 2.42. The average Bonchev–Trinajstić information content (AvgIpc) is 3.00. The number of rotatable bonds is 6. The van der Waals surface area contributed by atoms with E-state index in [0.717, 1.165) is 9.75 Å². The lowest BCUT2D eigenvalue weighted by Gasteiger charge is -1.97. The van der Waals surface area contributed by atoms with E-state index >= 15 is 0 Å². The van der Waals surface area contributed by atoms with Crippen LogP contribution in [0.3, 0.4) is 0 Å². The zero-order valence-electron chi connectivity index (χ0n) is 11.3. The second-order valence-electron chi connectivity index (χ2n) is 3.95. The lowest BCUT2D eigenvalue weighted by molar-refractivity contribution is -0.142. The number of esters is 1. The van der Waals surface area contributed by atoms with Gasteiger partial charge in [-0.3, -0.25) is 10.2 Å². The number of ether oxygens (including phenoxy) is 1. The molecule has 106 valence electrons. The summed E-state index contributed by atoms with van der Waals surface area (Å²) in [5, 5.41) is 6.83. The zero-order chi connectivity index (χ0) is 14.4. The van der Waals surface area contributed by atoms with Gasteiger partial charge < -0.3 is 4.74 Å². The number of thiophene rings is 1. The minimum Gasteiger partial charge on any atom is -0.466 e. The maximum Gasteiger partial charge on any atom is 0.311 e. The molecule has 2 aromatic heterocycles. The van der Waals surface area contributed by atoms with Crippen molar-refractivity contribution in [3.63, 3.8) is 0 Å². The van der Waals surface area contributed by atoms with E-state index in [1.807, 2.05) is 18.4 Å². The largest absolute Gasteiger partial charge is 0.466 e. The molecule has 0 amide bonds. The number of aryl methyl sites for hydroxylation is 1. The van der Waals surface area contributed by atoms with E-state index in [1.165, 1.54) is 16.9 Å². The number of thiazole rings is 1. The van der Waals surface area contributed by atoms with Crippen molar-refractivity contribution in [2.75, 3.05) is 12.0 Å². The first-order valence-corrected chi connectivity index (χ1v) is 7.82. The standard InChI is InChI=1S/C13H15N3O2S2/c1-3-18-12(17)6-10-7-14-13(20-10)16-15-8-11-9(2)4-5-19-11/h4-5,7-8H,3,6H2,1-2H3,(H,14,16)/b15-8+. The maximum atomic E-state index is 11.3. The summed E-state index contributed by atoms with van der Waals surface area (Å²) >= 11 is 3.03. The third kappa shape index (κ3) is 4.14. The molecule has 0 radical (unpaired) electrons. The molecule has 7 heteroatoms. The monoisotopic (exact) mass is 309 g/mol. The van der Waals surface area contributed by atoms with Crippen LogP contribution in [-0.4, -0.2) is 23.8 Å². The van der Waals surface area contributed by atoms with Gasteiger partial charge in [-0.15, -0.1) is 11.3 Å². The second kappa shape index (κ2) is 7.16. The number of hydrogen-bond acceptors (Lipinski definition) is 7. The number of nitrogens with one attached hydrogen (secondary N) is 1. The van der Waals surface area contributed by atoms with E-state index in [0.29, 0.717) is 11.7 Å². The molecule has 20 heavy (non-hydrogen) atoms. The summed E-state index contributed by atoms with van der Waals surface area (Å²) in [4.78, 5) is 17.5. The van der Waals surface area contributed by atoms with E-state index < -0.39 is 0 Å². The molecule has 0 aliphatic heterocycles. The quantitative estimate of drug-likeness (QED) is 0.506. The molecule has 0 saturated heterocycles. The number of nitrogens with zero attached hydrogens (tertiary/aromatic N) is 2. The molecule has 0 bridgehead atoms. The lowest BCUT2D eigenvalue weighted by atomic mass is 10.3. The van der Waals surface area contributed by atoms with E-state index in [9.17, 15) is 4.79 Å². The summed E-state index contributed by atoms with van der Waals surface area (Å²) in [5.74, 6) is -0.236. The summed E-state index contributed by atoms with van der Waals surface area (Å²) in [6, 6.07) is 2.05. The van der Waals surface area contributed by atoms with Gasteiger partial charge in [0, 0.05) is 16.0 Å². The van der Waals surface area contributed by atoms with Crippen molar-refractivity contribution in [1.29, 1.82) is 0 Å². The Bertz CT molecular complexity index is 604. The zero-order valence-corrected chi connectivity index (χ0v) is 12.9. The van der Waals surface area contributed by atoms with Gasteiger partial charge >= 0.3 is 5.97 Å². The molecular formula is C13H15N3O2S2. The van der Waals surface area contributed by atoms with Crippen LogP contribution in [0, 0.1) is 6.92 Å². The van der Waals surface area contributed by atoms with Crippen molar-refractivity contribution in [2.24, 2.45) is 5.10 Å². The van der Waals surface area contributed by atoms with Crippen molar-refractivity contribution in [1.82, 2.24) is 4.98 Å². The number of anilines is 1. The molecule has 2 aromatic rings. The molecule has 2 rings (SSSR count). The molecule has 0 spiro atoms. The van der Waals surface area contributed by atoms with Crippen LogP contribution in [0.5, 0.6) is 0 Å². The smallest absolute Gasteiger partial charge is 0.311 e. The summed E-state index contributed by atoms with van der Waals surface area (Å²) in [6.45, 7) is 4.23. The molecule has 0 fully saturated rings. The number of hydrazone groups is 1. The van der Waals surface area contributed by atoms with Gasteiger partial charge in [0.15, 0.2) is 0 Å². The van der Waals surface area contributed by atoms with Gasteiger partial charge in [-0.05, 0) is 30.9 Å². The number of carbonyl (C=O) groups is 1. The summed E-state index contributed by atoms with van der Waals surface area (Å²) < 4.78 is 4.89. The Morgan fingerprint density at radius 3 is 3.15 bits per heavy atom. The van der Waals surface area contributed by atoms with Gasteiger partial charge in [-0.2, -0.15) is 5.10 Å². The maximum absolute atomic E-state index is 11.3. The highest BCUT2D eigenvalue weighted by atomic mass is 32.1. The van der Waals surface area contributed by atoms with Crippen molar-refractivity contribution in [3.05, 3.63) is 33.0 Å². The first-order valence-electron chi connectivity index (χ1n) is 6.12. The summed E-state index contributed by atoms with van der Waals surface area (Å²) in [5.41, 5.74) is 4.06. The Morgan fingerprint density at radius 2 is 2.45 bits per heavy atom. The van der Waals surface area contributed by atoms with Gasteiger partial charge in [0.1, 0.15) is 0 Å². The van der Waals surface area contributed by atoms with Crippen LogP contribution in [0.4, 0.5) is 5.13 Å². The van der Waals surface area contributed by atoms with Crippen LogP contribution in [-0.2, 0) is 16.0 Å². The van der Waals surface area contributed by atoms with Gasteiger partial charge in [0.25, 0.3) is 0 Å². The van der Waals surface area contributed by atoms with Crippen molar-refractivity contribution in [2.45, 2.75) is 20.3 Å². The Kier molecular flexibility index (Phi) is 5.25. The fraction of sp³-hybridized carbons (Fsp3) is 0.308. The van der Waals surface area contributed by atoms with E-state index in [2.05, 4.69) is 15.5 Å². The first kappa shape index (κ1) is 14.7. The number of carbonyl (C=O) groups excluding carboxylic acids is 1. The third-order valence-corrected chi connectivity index (χ3v) is 4.28. The predicted octanol–water partition coefficient (Wildman–Crippen LogP) is 3.06. The van der Waals surface area contributed by atoms with Gasteiger partial charge in [-0.25, -0.2) is 4.98 Å². The van der Waals surface area contributed by atoms with Gasteiger partial charge in [-0.1, -0.05) is 11.3 Å². The molecule has 0 unspecified atom stereocenters. The molecule has 0 aliphatic rings. The molecule has 2 heterocycles. The highest BCUT2D eigenvalue weighted by molar-refractivity contribution is 7.15. The topological polar surface area (TPSA) is 63.6 Å². The van der Waals surface area contributed by atoms with Crippen LogP contribution in [0.25, 0.3) is 0 Å². The fourth-order valence-corrected chi connectivity index (χ4v) is 2.99. The molecule has 1 N–H and O–H groups in total.